The van der Waals surface area contributed by atoms with Gasteiger partial charge in [0.15, 0.2) is 0 Å². The lowest BCUT2D eigenvalue weighted by molar-refractivity contribution is -0.134. The molecule has 0 bridgehead atoms. The quantitative estimate of drug-likeness (QED) is 0.846. The Labute approximate surface area is 146 Å². The molecule has 2 rings (SSSR count). The standard InChI is InChI=1S/C15H20BrClN2O.ClH/c1-10-11(2)19(8-7-18-10)15(20)6-3-12-9-13(17)4-5-14(12)16;/h4-5,9-11,18H,3,6-8H2,1-2H3;1H. The number of aryl methyl sites for hydroxylation is 1. The Morgan fingerprint density at radius 3 is 2.90 bits per heavy atom. The Balaban J connectivity index is 0.00000220. The molecule has 0 aromatic heterocycles. The molecule has 1 aliphatic heterocycles. The maximum atomic E-state index is 12.4. The van der Waals surface area contributed by atoms with E-state index in [1.165, 1.54) is 0 Å². The van der Waals surface area contributed by atoms with Gasteiger partial charge in [0.25, 0.3) is 0 Å². The van der Waals surface area contributed by atoms with Gasteiger partial charge in [-0.1, -0.05) is 27.5 Å². The molecule has 1 aromatic rings. The molecule has 118 valence electrons. The second-order valence-electron chi connectivity index (χ2n) is 5.31. The van der Waals surface area contributed by atoms with E-state index < -0.39 is 0 Å². The zero-order valence-corrected chi connectivity index (χ0v) is 15.4. The van der Waals surface area contributed by atoms with Gasteiger partial charge >= 0.3 is 0 Å². The van der Waals surface area contributed by atoms with E-state index in [9.17, 15) is 4.79 Å². The molecule has 2 atom stereocenters. The summed E-state index contributed by atoms with van der Waals surface area (Å²) in [6, 6.07) is 6.29. The second-order valence-corrected chi connectivity index (χ2v) is 6.60. The SMILES string of the molecule is CC1NCCN(C(=O)CCc2cc(Cl)ccc2Br)C1C.Cl. The molecule has 1 aromatic carbocycles. The van der Waals surface area contributed by atoms with Gasteiger partial charge in [-0.05, 0) is 44.0 Å². The van der Waals surface area contributed by atoms with Crippen molar-refractivity contribution in [3.63, 3.8) is 0 Å². The molecule has 3 nitrogen and oxygen atoms in total. The number of hydrogen-bond acceptors (Lipinski definition) is 2. The van der Waals surface area contributed by atoms with Crippen molar-refractivity contribution in [2.75, 3.05) is 13.1 Å². The third kappa shape index (κ3) is 4.85. The molecule has 0 radical (unpaired) electrons. The van der Waals surface area contributed by atoms with Crippen LogP contribution in [0, 0.1) is 0 Å². The van der Waals surface area contributed by atoms with Crippen LogP contribution in [-0.4, -0.2) is 36.0 Å². The lowest BCUT2D eigenvalue weighted by atomic mass is 10.0. The second kappa shape index (κ2) is 8.37. The summed E-state index contributed by atoms with van der Waals surface area (Å²) in [7, 11) is 0. The van der Waals surface area contributed by atoms with Crippen LogP contribution in [0.4, 0.5) is 0 Å². The van der Waals surface area contributed by atoms with Gasteiger partial charge in [-0.25, -0.2) is 0 Å². The Morgan fingerprint density at radius 1 is 1.48 bits per heavy atom. The molecular formula is C15H21BrCl2N2O. The number of benzene rings is 1. The number of carbonyl (C=O) groups is 1. The van der Waals surface area contributed by atoms with Crippen LogP contribution in [0.5, 0.6) is 0 Å². The summed E-state index contributed by atoms with van der Waals surface area (Å²) >= 11 is 9.50. The van der Waals surface area contributed by atoms with Crippen LogP contribution in [0.25, 0.3) is 0 Å². The van der Waals surface area contributed by atoms with Gasteiger partial charge in [-0.2, -0.15) is 0 Å². The molecule has 0 spiro atoms. The van der Waals surface area contributed by atoms with E-state index in [0.29, 0.717) is 23.9 Å². The predicted molar refractivity (Wildman–Crippen MR) is 93.4 cm³/mol. The minimum atomic E-state index is 0. The average Bonchev–Trinajstić information content (AvgIpc) is 2.42. The fourth-order valence-corrected chi connectivity index (χ4v) is 3.17. The van der Waals surface area contributed by atoms with Crippen molar-refractivity contribution >= 4 is 45.8 Å². The van der Waals surface area contributed by atoms with Crippen molar-refractivity contribution in [3.8, 4) is 0 Å². The molecule has 1 aliphatic rings. The minimum absolute atomic E-state index is 0. The average molecular weight is 396 g/mol. The molecule has 0 saturated carbocycles. The number of amides is 1. The zero-order chi connectivity index (χ0) is 14.7. The first kappa shape index (κ1) is 18.8. The number of nitrogens with zero attached hydrogens (tertiary/aromatic N) is 1. The van der Waals surface area contributed by atoms with Crippen LogP contribution >= 0.6 is 39.9 Å². The summed E-state index contributed by atoms with van der Waals surface area (Å²) in [5.41, 5.74) is 1.08. The highest BCUT2D eigenvalue weighted by molar-refractivity contribution is 9.10. The van der Waals surface area contributed by atoms with E-state index in [2.05, 4.69) is 35.1 Å². The first-order chi connectivity index (χ1) is 9.49. The van der Waals surface area contributed by atoms with E-state index in [4.69, 9.17) is 11.6 Å². The van der Waals surface area contributed by atoms with Gasteiger partial charge in [0.2, 0.25) is 5.91 Å². The fraction of sp³-hybridized carbons (Fsp3) is 0.533. The van der Waals surface area contributed by atoms with E-state index >= 15 is 0 Å². The first-order valence-corrected chi connectivity index (χ1v) is 8.13. The maximum Gasteiger partial charge on any atom is 0.223 e. The number of nitrogens with one attached hydrogen (secondary N) is 1. The van der Waals surface area contributed by atoms with Gasteiger partial charge in [0.05, 0.1) is 0 Å². The number of carbonyl (C=O) groups excluding carboxylic acids is 1. The maximum absolute atomic E-state index is 12.4. The highest BCUT2D eigenvalue weighted by Gasteiger charge is 2.27. The topological polar surface area (TPSA) is 32.3 Å². The smallest absolute Gasteiger partial charge is 0.223 e. The summed E-state index contributed by atoms with van der Waals surface area (Å²) in [6.45, 7) is 5.89. The molecule has 6 heteroatoms. The van der Waals surface area contributed by atoms with Gasteiger partial charge < -0.3 is 10.2 Å². The zero-order valence-electron chi connectivity index (χ0n) is 12.2. The van der Waals surface area contributed by atoms with E-state index in [1.807, 2.05) is 23.1 Å². The third-order valence-corrected chi connectivity index (χ3v) is 4.98. The lowest BCUT2D eigenvalue weighted by Gasteiger charge is -2.38. The summed E-state index contributed by atoms with van der Waals surface area (Å²) in [4.78, 5) is 14.4. The summed E-state index contributed by atoms with van der Waals surface area (Å²) in [6.07, 6.45) is 1.24. The molecule has 21 heavy (non-hydrogen) atoms. The molecule has 1 N–H and O–H groups in total. The molecule has 0 aliphatic carbocycles. The number of piperazine rings is 1. The number of hydrogen-bond donors (Lipinski definition) is 1. The molecule has 1 saturated heterocycles. The van der Waals surface area contributed by atoms with E-state index in [-0.39, 0.29) is 24.4 Å². The summed E-state index contributed by atoms with van der Waals surface area (Å²) < 4.78 is 1.01. The molecule has 1 fully saturated rings. The van der Waals surface area contributed by atoms with Gasteiger partial charge in [-0.3, -0.25) is 4.79 Å². The highest BCUT2D eigenvalue weighted by Crippen LogP contribution is 2.23. The Kier molecular flexibility index (Phi) is 7.48. The van der Waals surface area contributed by atoms with Crippen LogP contribution in [0.2, 0.25) is 5.02 Å². The molecule has 2 unspecified atom stereocenters. The number of halogens is 3. The molecule has 1 amide bonds. The minimum Gasteiger partial charge on any atom is -0.337 e. The Hall–Kier alpha value is -0.290. The summed E-state index contributed by atoms with van der Waals surface area (Å²) in [5, 5.41) is 4.10. The first-order valence-electron chi connectivity index (χ1n) is 6.96. The number of rotatable bonds is 3. The van der Waals surface area contributed by atoms with Crippen molar-refractivity contribution in [1.82, 2.24) is 10.2 Å². The van der Waals surface area contributed by atoms with Crippen LogP contribution in [0.15, 0.2) is 22.7 Å². The van der Waals surface area contributed by atoms with Gasteiger partial charge in [0.1, 0.15) is 0 Å². The summed E-state index contributed by atoms with van der Waals surface area (Å²) in [5.74, 6) is 0.220. The van der Waals surface area contributed by atoms with Crippen LogP contribution in [0.1, 0.15) is 25.8 Å². The lowest BCUT2D eigenvalue weighted by Crippen LogP contribution is -2.57. The largest absolute Gasteiger partial charge is 0.337 e. The van der Waals surface area contributed by atoms with Crippen molar-refractivity contribution < 1.29 is 4.79 Å². The molecule has 1 heterocycles. The third-order valence-electron chi connectivity index (χ3n) is 3.97. The van der Waals surface area contributed by atoms with Crippen LogP contribution < -0.4 is 5.32 Å². The molecular weight excluding hydrogens is 375 g/mol. The fourth-order valence-electron chi connectivity index (χ4n) is 2.53. The van der Waals surface area contributed by atoms with Gasteiger partial charge in [0, 0.05) is 41.1 Å². The van der Waals surface area contributed by atoms with Gasteiger partial charge in [-0.15, -0.1) is 12.4 Å². The van der Waals surface area contributed by atoms with Crippen molar-refractivity contribution in [1.29, 1.82) is 0 Å². The van der Waals surface area contributed by atoms with Crippen molar-refractivity contribution in [3.05, 3.63) is 33.3 Å². The monoisotopic (exact) mass is 394 g/mol. The predicted octanol–water partition coefficient (Wildman–Crippen LogP) is 3.67. The highest BCUT2D eigenvalue weighted by atomic mass is 79.9. The van der Waals surface area contributed by atoms with Crippen molar-refractivity contribution in [2.45, 2.75) is 38.8 Å². The normalized spacial score (nSPS) is 21.8. The van der Waals surface area contributed by atoms with E-state index in [0.717, 1.165) is 23.1 Å². The Morgan fingerprint density at radius 2 is 2.19 bits per heavy atom. The van der Waals surface area contributed by atoms with Crippen LogP contribution in [-0.2, 0) is 11.2 Å². The Bertz CT molecular complexity index is 499. The van der Waals surface area contributed by atoms with Crippen LogP contribution in [0.3, 0.4) is 0 Å². The van der Waals surface area contributed by atoms with E-state index in [1.54, 1.807) is 0 Å². The van der Waals surface area contributed by atoms with Crippen molar-refractivity contribution in [2.24, 2.45) is 0 Å².